The number of carbonyl (C=O) groups is 2. The van der Waals surface area contributed by atoms with Crippen LogP contribution in [-0.2, 0) is 18.0 Å². The second-order valence-corrected chi connectivity index (χ2v) is 7.15. The predicted octanol–water partition coefficient (Wildman–Crippen LogP) is 3.76. The van der Waals surface area contributed by atoms with Crippen molar-refractivity contribution in [1.29, 1.82) is 0 Å². The number of halogens is 3. The van der Waals surface area contributed by atoms with Gasteiger partial charge in [0.2, 0.25) is 5.91 Å². The van der Waals surface area contributed by atoms with Gasteiger partial charge in [-0.1, -0.05) is 36.4 Å². The summed E-state index contributed by atoms with van der Waals surface area (Å²) >= 11 is 0. The molecule has 29 heavy (non-hydrogen) atoms. The van der Waals surface area contributed by atoms with E-state index in [9.17, 15) is 22.8 Å². The molecule has 1 saturated carbocycles. The van der Waals surface area contributed by atoms with Crippen molar-refractivity contribution in [3.8, 4) is 0 Å². The van der Waals surface area contributed by atoms with Crippen molar-refractivity contribution in [3.05, 3.63) is 71.4 Å². The summed E-state index contributed by atoms with van der Waals surface area (Å²) < 4.78 is 41.3. The fourth-order valence-corrected chi connectivity index (χ4v) is 3.71. The number of fused-ring (bicyclic) bond motifs is 1. The lowest BCUT2D eigenvalue weighted by molar-refractivity contribution is -0.138. The molecule has 0 radical (unpaired) electrons. The van der Waals surface area contributed by atoms with Crippen LogP contribution in [0.2, 0.25) is 0 Å². The number of amides is 2. The molecule has 3 aromatic rings. The molecule has 0 spiro atoms. The molecule has 4 rings (SSSR count). The third-order valence-corrected chi connectivity index (χ3v) is 5.23. The number of carbonyl (C=O) groups excluding carboxylic acids is 2. The topological polar surface area (TPSA) is 63.1 Å². The lowest BCUT2D eigenvalue weighted by Gasteiger charge is -2.12. The van der Waals surface area contributed by atoms with Crippen LogP contribution in [0.25, 0.3) is 10.9 Å². The summed E-state index contributed by atoms with van der Waals surface area (Å²) in [6.45, 7) is 0. The minimum atomic E-state index is -4.47. The second-order valence-electron chi connectivity index (χ2n) is 7.15. The van der Waals surface area contributed by atoms with E-state index in [4.69, 9.17) is 0 Å². The number of para-hydroxylation sites is 1. The van der Waals surface area contributed by atoms with Gasteiger partial charge in [-0.05, 0) is 30.0 Å². The van der Waals surface area contributed by atoms with Crippen LogP contribution in [0.15, 0.2) is 54.7 Å². The molecule has 1 fully saturated rings. The number of aromatic nitrogens is 1. The quantitative estimate of drug-likeness (QED) is 0.657. The van der Waals surface area contributed by atoms with Crippen LogP contribution in [0.4, 0.5) is 13.2 Å². The van der Waals surface area contributed by atoms with E-state index in [1.165, 1.54) is 18.2 Å². The average molecular weight is 401 g/mol. The van der Waals surface area contributed by atoms with Gasteiger partial charge in [0, 0.05) is 30.1 Å². The first-order valence-corrected chi connectivity index (χ1v) is 9.07. The zero-order valence-electron chi connectivity index (χ0n) is 15.5. The van der Waals surface area contributed by atoms with Gasteiger partial charge < -0.3 is 4.57 Å². The Bertz CT molecular complexity index is 1100. The Morgan fingerprint density at radius 1 is 1.03 bits per heavy atom. The molecule has 1 aliphatic rings. The minimum absolute atomic E-state index is 0.112. The Hall–Kier alpha value is -3.29. The van der Waals surface area contributed by atoms with Gasteiger partial charge in [-0.15, -0.1) is 0 Å². The Balaban J connectivity index is 1.42. The van der Waals surface area contributed by atoms with Crippen LogP contribution < -0.4 is 10.9 Å². The number of nitrogens with zero attached hydrogens (tertiary/aromatic N) is 1. The Morgan fingerprint density at radius 3 is 2.48 bits per heavy atom. The molecule has 2 N–H and O–H groups in total. The highest BCUT2D eigenvalue weighted by Crippen LogP contribution is 2.50. The predicted molar refractivity (Wildman–Crippen MR) is 101 cm³/mol. The Kier molecular flexibility index (Phi) is 4.56. The summed E-state index contributed by atoms with van der Waals surface area (Å²) in [5.41, 5.74) is 5.38. The molecule has 0 saturated heterocycles. The molecule has 2 unspecified atom stereocenters. The smallest absolute Gasteiger partial charge is 0.350 e. The average Bonchev–Trinajstić information content (AvgIpc) is 3.43. The van der Waals surface area contributed by atoms with E-state index in [0.29, 0.717) is 12.0 Å². The van der Waals surface area contributed by atoms with Crippen LogP contribution in [-0.4, -0.2) is 16.4 Å². The maximum absolute atomic E-state index is 13.2. The standard InChI is InChI=1S/C21H18F3N3O2/c1-27-11-16(13-7-3-5-9-18(13)27)20(29)26-25-19(28)15-10-14(15)12-6-2-4-8-17(12)21(22,23)24/h2-9,11,14-15H,10H2,1H3,(H,25,28)(H,26,29). The maximum atomic E-state index is 13.2. The number of hydrogen-bond acceptors (Lipinski definition) is 2. The zero-order chi connectivity index (χ0) is 20.8. The molecule has 2 atom stereocenters. The molecule has 8 heteroatoms. The van der Waals surface area contributed by atoms with Gasteiger partial charge in [0.1, 0.15) is 0 Å². The number of alkyl halides is 3. The number of hydrazine groups is 1. The normalized spacial score (nSPS) is 18.5. The summed E-state index contributed by atoms with van der Waals surface area (Å²) in [6, 6.07) is 12.6. The monoisotopic (exact) mass is 401 g/mol. The second kappa shape index (κ2) is 6.95. The lowest BCUT2D eigenvalue weighted by atomic mass is 10.0. The molecule has 1 aliphatic carbocycles. The number of rotatable bonds is 3. The third-order valence-electron chi connectivity index (χ3n) is 5.23. The van der Waals surface area contributed by atoms with Crippen LogP contribution in [0.1, 0.15) is 33.8 Å². The number of benzene rings is 2. The van der Waals surface area contributed by atoms with Crippen LogP contribution in [0.5, 0.6) is 0 Å². The summed E-state index contributed by atoms with van der Waals surface area (Å²) in [5, 5.41) is 0.741. The Morgan fingerprint density at radius 2 is 1.72 bits per heavy atom. The lowest BCUT2D eigenvalue weighted by Crippen LogP contribution is -2.42. The van der Waals surface area contributed by atoms with Gasteiger partial charge in [0.05, 0.1) is 11.1 Å². The number of nitrogens with one attached hydrogen (secondary N) is 2. The van der Waals surface area contributed by atoms with Crippen molar-refractivity contribution in [2.75, 3.05) is 0 Å². The molecule has 1 heterocycles. The van der Waals surface area contributed by atoms with Crippen molar-refractivity contribution in [1.82, 2.24) is 15.4 Å². The highest BCUT2D eigenvalue weighted by Gasteiger charge is 2.48. The first kappa shape index (κ1) is 19.0. The van der Waals surface area contributed by atoms with Crippen molar-refractivity contribution in [2.24, 2.45) is 13.0 Å². The van der Waals surface area contributed by atoms with Crippen molar-refractivity contribution in [2.45, 2.75) is 18.5 Å². The molecule has 0 aliphatic heterocycles. The van der Waals surface area contributed by atoms with E-state index in [1.807, 2.05) is 25.2 Å². The van der Waals surface area contributed by atoms with Crippen molar-refractivity contribution in [3.63, 3.8) is 0 Å². The first-order valence-electron chi connectivity index (χ1n) is 9.07. The van der Waals surface area contributed by atoms with Gasteiger partial charge in [-0.25, -0.2) is 0 Å². The molecular formula is C21H18F3N3O2. The van der Waals surface area contributed by atoms with Gasteiger partial charge in [0.25, 0.3) is 5.91 Å². The minimum Gasteiger partial charge on any atom is -0.350 e. The fourth-order valence-electron chi connectivity index (χ4n) is 3.71. The molecule has 150 valence electrons. The van der Waals surface area contributed by atoms with E-state index in [1.54, 1.807) is 16.8 Å². The van der Waals surface area contributed by atoms with Crippen molar-refractivity contribution >= 4 is 22.7 Å². The van der Waals surface area contributed by atoms with Gasteiger partial charge in [-0.2, -0.15) is 13.2 Å². The summed E-state index contributed by atoms with van der Waals surface area (Å²) in [7, 11) is 1.81. The molecule has 2 aromatic carbocycles. The van der Waals surface area contributed by atoms with Gasteiger partial charge >= 0.3 is 6.18 Å². The van der Waals surface area contributed by atoms with Crippen molar-refractivity contribution < 1.29 is 22.8 Å². The van der Waals surface area contributed by atoms with E-state index < -0.39 is 35.4 Å². The van der Waals surface area contributed by atoms with Gasteiger partial charge in [-0.3, -0.25) is 20.4 Å². The highest BCUT2D eigenvalue weighted by atomic mass is 19.4. The molecule has 1 aromatic heterocycles. The summed E-state index contributed by atoms with van der Waals surface area (Å²) in [5.74, 6) is -2.10. The highest BCUT2D eigenvalue weighted by molar-refractivity contribution is 6.07. The molecule has 2 amide bonds. The largest absolute Gasteiger partial charge is 0.416 e. The number of aryl methyl sites for hydroxylation is 1. The third kappa shape index (κ3) is 3.57. The first-order chi connectivity index (χ1) is 13.8. The van der Waals surface area contributed by atoms with E-state index >= 15 is 0 Å². The van der Waals surface area contributed by atoms with E-state index in [2.05, 4.69) is 10.9 Å². The molecular weight excluding hydrogens is 383 g/mol. The number of hydrogen-bond donors (Lipinski definition) is 2. The zero-order valence-corrected chi connectivity index (χ0v) is 15.5. The maximum Gasteiger partial charge on any atom is 0.416 e. The molecule has 0 bridgehead atoms. The van der Waals surface area contributed by atoms with Crippen LogP contribution in [0.3, 0.4) is 0 Å². The SMILES string of the molecule is Cn1cc(C(=O)NNC(=O)C2CC2c2ccccc2C(F)(F)F)c2ccccc21. The summed E-state index contributed by atoms with van der Waals surface area (Å²) in [4.78, 5) is 24.8. The fraction of sp³-hybridized carbons (Fsp3) is 0.238. The van der Waals surface area contributed by atoms with E-state index in [0.717, 1.165) is 17.0 Å². The van der Waals surface area contributed by atoms with E-state index in [-0.39, 0.29) is 5.56 Å². The van der Waals surface area contributed by atoms with Crippen LogP contribution in [0, 0.1) is 5.92 Å². The van der Waals surface area contributed by atoms with Crippen LogP contribution >= 0.6 is 0 Å². The summed E-state index contributed by atoms with van der Waals surface area (Å²) in [6.07, 6.45) is -2.50. The van der Waals surface area contributed by atoms with Gasteiger partial charge in [0.15, 0.2) is 0 Å². The Labute approximate surface area is 164 Å². The molecule has 5 nitrogen and oxygen atoms in total.